The van der Waals surface area contributed by atoms with Crippen LogP contribution in [0, 0.1) is 5.92 Å². The zero-order chi connectivity index (χ0) is 11.2. The number of rotatable bonds is 3. The van der Waals surface area contributed by atoms with Crippen LogP contribution in [0.5, 0.6) is 0 Å². The number of β-lactam (4-membered cyclic amide) rings is 1. The number of amides is 1. The van der Waals surface area contributed by atoms with Crippen LogP contribution in [0.3, 0.4) is 0 Å². The van der Waals surface area contributed by atoms with Gasteiger partial charge in [-0.25, -0.2) is 4.79 Å². The van der Waals surface area contributed by atoms with Crippen molar-refractivity contribution in [1.29, 1.82) is 0 Å². The molecule has 0 aliphatic carbocycles. The van der Waals surface area contributed by atoms with Gasteiger partial charge in [-0.15, -0.1) is 0 Å². The van der Waals surface area contributed by atoms with E-state index in [0.29, 0.717) is 6.61 Å². The summed E-state index contributed by atoms with van der Waals surface area (Å²) in [6, 6.07) is -0.122. The quantitative estimate of drug-likeness (QED) is 0.678. The fourth-order valence-corrected chi connectivity index (χ4v) is 2.23. The molecule has 0 radical (unpaired) electrons. The summed E-state index contributed by atoms with van der Waals surface area (Å²) in [6.45, 7) is 4.18. The molecule has 1 N–H and O–H groups in total. The molecule has 1 saturated heterocycles. The van der Waals surface area contributed by atoms with Crippen molar-refractivity contribution in [1.82, 2.24) is 4.90 Å². The van der Waals surface area contributed by atoms with Crippen LogP contribution in [0.15, 0.2) is 11.8 Å². The number of hydrogen-bond acceptors (Lipinski definition) is 3. The fraction of sp³-hybridized carbons (Fsp3) is 0.600. The summed E-state index contributed by atoms with van der Waals surface area (Å²) in [5.74, 6) is -1.24. The molecule has 5 nitrogen and oxygen atoms in total. The van der Waals surface area contributed by atoms with Crippen LogP contribution >= 0.6 is 0 Å². The molecule has 2 aliphatic heterocycles. The van der Waals surface area contributed by atoms with Crippen molar-refractivity contribution < 1.29 is 19.4 Å². The Hall–Kier alpha value is -1.36. The lowest BCUT2D eigenvalue weighted by Gasteiger charge is -2.44. The van der Waals surface area contributed by atoms with E-state index in [4.69, 9.17) is 9.84 Å². The number of aliphatic carboxylic acids is 1. The van der Waals surface area contributed by atoms with Gasteiger partial charge >= 0.3 is 5.97 Å². The topological polar surface area (TPSA) is 66.8 Å². The lowest BCUT2D eigenvalue weighted by Crippen LogP contribution is -2.65. The van der Waals surface area contributed by atoms with E-state index < -0.39 is 12.1 Å². The fourth-order valence-electron chi connectivity index (χ4n) is 2.23. The molecule has 0 saturated carbocycles. The highest BCUT2D eigenvalue weighted by atomic mass is 16.5. The predicted molar refractivity (Wildman–Crippen MR) is 50.9 cm³/mol. The number of fused-ring (bicyclic) bond motifs is 1. The average Bonchev–Trinajstić information content (AvgIpc) is 2.49. The highest BCUT2D eigenvalue weighted by molar-refractivity contribution is 6.00. The van der Waals surface area contributed by atoms with Crippen molar-refractivity contribution in [2.75, 3.05) is 6.61 Å². The minimum Gasteiger partial charge on any atom is -0.477 e. The summed E-state index contributed by atoms with van der Waals surface area (Å²) < 4.78 is 5.29. The minimum absolute atomic E-state index is 0.0466. The van der Waals surface area contributed by atoms with Crippen molar-refractivity contribution in [3.8, 4) is 0 Å². The van der Waals surface area contributed by atoms with E-state index in [0.717, 1.165) is 0 Å². The lowest BCUT2D eigenvalue weighted by molar-refractivity contribution is -0.171. The Balaban J connectivity index is 2.18. The van der Waals surface area contributed by atoms with Gasteiger partial charge in [-0.05, 0) is 13.0 Å². The van der Waals surface area contributed by atoms with Crippen LogP contribution in [0.2, 0.25) is 0 Å². The molecule has 3 unspecified atom stereocenters. The van der Waals surface area contributed by atoms with Crippen LogP contribution in [0.25, 0.3) is 0 Å². The van der Waals surface area contributed by atoms with Gasteiger partial charge in [0, 0.05) is 12.5 Å². The van der Waals surface area contributed by atoms with Crippen molar-refractivity contribution in [2.24, 2.45) is 5.92 Å². The van der Waals surface area contributed by atoms with Gasteiger partial charge in [-0.1, -0.05) is 6.92 Å². The van der Waals surface area contributed by atoms with E-state index in [2.05, 4.69) is 0 Å². The molecule has 82 valence electrons. The Morgan fingerprint density at radius 2 is 2.33 bits per heavy atom. The first-order chi connectivity index (χ1) is 7.07. The number of carboxylic acid groups (broad SMARTS) is 1. The van der Waals surface area contributed by atoms with Crippen molar-refractivity contribution in [3.05, 3.63) is 11.8 Å². The van der Waals surface area contributed by atoms with Gasteiger partial charge in [0.25, 0.3) is 5.91 Å². The SMILES string of the molecule is CCOC1C(=O)N2C(C(=O)O)=CC(C)C12. The molecule has 2 heterocycles. The summed E-state index contributed by atoms with van der Waals surface area (Å²) in [6.07, 6.45) is 1.15. The van der Waals surface area contributed by atoms with Gasteiger partial charge in [0.1, 0.15) is 5.70 Å². The minimum atomic E-state index is -1.05. The molecule has 0 bridgehead atoms. The van der Waals surface area contributed by atoms with Crippen LogP contribution in [0.1, 0.15) is 13.8 Å². The smallest absolute Gasteiger partial charge is 0.352 e. The number of nitrogens with zero attached hydrogens (tertiary/aromatic N) is 1. The van der Waals surface area contributed by atoms with E-state index in [1.807, 2.05) is 13.8 Å². The Bertz CT molecular complexity index is 349. The van der Waals surface area contributed by atoms with Gasteiger partial charge in [0.2, 0.25) is 0 Å². The van der Waals surface area contributed by atoms with E-state index in [1.165, 1.54) is 4.90 Å². The van der Waals surface area contributed by atoms with Crippen LogP contribution < -0.4 is 0 Å². The van der Waals surface area contributed by atoms with Gasteiger partial charge in [-0.3, -0.25) is 9.69 Å². The van der Waals surface area contributed by atoms with E-state index in [-0.39, 0.29) is 23.6 Å². The summed E-state index contributed by atoms with van der Waals surface area (Å²) in [5, 5.41) is 8.88. The highest BCUT2D eigenvalue weighted by Crippen LogP contribution is 2.39. The van der Waals surface area contributed by atoms with Crippen molar-refractivity contribution in [2.45, 2.75) is 26.0 Å². The normalized spacial score (nSPS) is 33.5. The molecule has 1 fully saturated rings. The van der Waals surface area contributed by atoms with Crippen LogP contribution in [-0.2, 0) is 14.3 Å². The Morgan fingerprint density at radius 3 is 2.87 bits per heavy atom. The summed E-state index contributed by atoms with van der Waals surface area (Å²) in [5.41, 5.74) is 0.0912. The first-order valence-corrected chi connectivity index (χ1v) is 4.97. The Labute approximate surface area is 87.3 Å². The average molecular weight is 211 g/mol. The Kier molecular flexibility index (Phi) is 2.26. The largest absolute Gasteiger partial charge is 0.477 e. The predicted octanol–water partition coefficient (Wildman–Crippen LogP) is 0.220. The molecule has 0 aromatic heterocycles. The lowest BCUT2D eigenvalue weighted by atomic mass is 9.91. The third-order valence-electron chi connectivity index (χ3n) is 2.87. The molecule has 3 atom stereocenters. The second-order valence-corrected chi connectivity index (χ2v) is 3.79. The van der Waals surface area contributed by atoms with Crippen molar-refractivity contribution >= 4 is 11.9 Å². The maximum atomic E-state index is 11.6. The third-order valence-corrected chi connectivity index (χ3v) is 2.87. The molecule has 1 amide bonds. The van der Waals surface area contributed by atoms with Crippen LogP contribution in [-0.4, -0.2) is 40.6 Å². The molecule has 0 aromatic carbocycles. The molecule has 2 aliphatic rings. The first-order valence-electron chi connectivity index (χ1n) is 4.97. The second kappa shape index (κ2) is 3.34. The molecule has 15 heavy (non-hydrogen) atoms. The van der Waals surface area contributed by atoms with Crippen LogP contribution in [0.4, 0.5) is 0 Å². The van der Waals surface area contributed by atoms with Gasteiger partial charge in [0.05, 0.1) is 6.04 Å². The number of carbonyl (C=O) groups excluding carboxylic acids is 1. The van der Waals surface area contributed by atoms with Crippen molar-refractivity contribution in [3.63, 3.8) is 0 Å². The molecular weight excluding hydrogens is 198 g/mol. The van der Waals surface area contributed by atoms with E-state index >= 15 is 0 Å². The Morgan fingerprint density at radius 1 is 1.67 bits per heavy atom. The molecular formula is C10H13NO4. The van der Waals surface area contributed by atoms with E-state index in [1.54, 1.807) is 6.08 Å². The number of hydrogen-bond donors (Lipinski definition) is 1. The first kappa shape index (κ1) is 10.2. The molecule has 0 spiro atoms. The summed E-state index contributed by atoms with van der Waals surface area (Å²) in [4.78, 5) is 23.8. The maximum Gasteiger partial charge on any atom is 0.352 e. The van der Waals surface area contributed by atoms with Gasteiger partial charge < -0.3 is 9.84 Å². The highest BCUT2D eigenvalue weighted by Gasteiger charge is 2.56. The summed E-state index contributed by atoms with van der Waals surface area (Å²) >= 11 is 0. The van der Waals surface area contributed by atoms with Gasteiger partial charge in [-0.2, -0.15) is 0 Å². The standard InChI is InChI=1S/C10H13NO4/c1-3-15-8-7-5(2)4-6(10(13)14)11(7)9(8)12/h4-5,7-8H,3H2,1-2H3,(H,13,14). The zero-order valence-electron chi connectivity index (χ0n) is 8.64. The van der Waals surface area contributed by atoms with Gasteiger partial charge in [0.15, 0.2) is 6.10 Å². The summed E-state index contributed by atoms with van der Waals surface area (Å²) in [7, 11) is 0. The second-order valence-electron chi connectivity index (χ2n) is 3.79. The maximum absolute atomic E-state index is 11.6. The third kappa shape index (κ3) is 1.26. The molecule has 0 aromatic rings. The zero-order valence-corrected chi connectivity index (χ0v) is 8.64. The van der Waals surface area contributed by atoms with E-state index in [9.17, 15) is 9.59 Å². The number of ether oxygens (including phenoxy) is 1. The monoisotopic (exact) mass is 211 g/mol. The molecule has 5 heteroatoms. The molecule has 2 rings (SSSR count). The number of carbonyl (C=O) groups is 2. The number of carboxylic acids is 1.